The first-order valence-electron chi connectivity index (χ1n) is 10.2. The van der Waals surface area contributed by atoms with E-state index in [0.29, 0.717) is 5.75 Å². The molecule has 0 radical (unpaired) electrons. The summed E-state index contributed by atoms with van der Waals surface area (Å²) in [5.41, 5.74) is -0.804. The number of hydrogen-bond donors (Lipinski definition) is 1. The van der Waals surface area contributed by atoms with Crippen molar-refractivity contribution in [2.24, 2.45) is 5.41 Å². The molecule has 0 aliphatic rings. The predicted molar refractivity (Wildman–Crippen MR) is 126 cm³/mol. The minimum Gasteiger partial charge on any atom is -0.497 e. The number of pyridine rings is 1. The van der Waals surface area contributed by atoms with E-state index in [4.69, 9.17) is 16.3 Å². The van der Waals surface area contributed by atoms with Crippen LogP contribution in [-0.4, -0.2) is 47.1 Å². The normalized spacial score (nSPS) is 11.9. The zero-order valence-electron chi connectivity index (χ0n) is 19.1. The van der Waals surface area contributed by atoms with E-state index in [-0.39, 0.29) is 40.0 Å². The Kier molecular flexibility index (Phi) is 7.23. The van der Waals surface area contributed by atoms with Crippen LogP contribution in [0.3, 0.4) is 0 Å². The molecule has 11 heteroatoms. The SMILES string of the molecule is COc1cccc(S(=O)(=O)n2cc(CN(CC(C)(C)C)C(=O)O)c(F)c2-c2cccnc2Cl)c1. The number of aromatic nitrogens is 2. The van der Waals surface area contributed by atoms with E-state index in [0.717, 1.165) is 15.1 Å². The number of rotatable bonds is 7. The quantitative estimate of drug-likeness (QED) is 0.444. The highest BCUT2D eigenvalue weighted by Gasteiger charge is 2.30. The third-order valence-electron chi connectivity index (χ3n) is 4.89. The topological polar surface area (TPSA) is 102 Å². The van der Waals surface area contributed by atoms with Crippen molar-refractivity contribution in [2.45, 2.75) is 32.2 Å². The molecule has 1 aromatic carbocycles. The van der Waals surface area contributed by atoms with E-state index in [1.807, 2.05) is 20.8 Å². The van der Waals surface area contributed by atoms with Crippen LogP contribution in [-0.2, 0) is 16.6 Å². The maximum Gasteiger partial charge on any atom is 0.407 e. The number of benzene rings is 1. The van der Waals surface area contributed by atoms with Crippen LogP contribution in [0.2, 0.25) is 5.15 Å². The maximum atomic E-state index is 15.8. The van der Waals surface area contributed by atoms with Gasteiger partial charge in [0, 0.05) is 36.1 Å². The number of carbonyl (C=O) groups is 1. The molecule has 34 heavy (non-hydrogen) atoms. The summed E-state index contributed by atoms with van der Waals surface area (Å²) in [4.78, 5) is 16.7. The van der Waals surface area contributed by atoms with Gasteiger partial charge in [-0.1, -0.05) is 38.4 Å². The number of methoxy groups -OCH3 is 1. The third-order valence-corrected chi connectivity index (χ3v) is 6.85. The molecule has 0 saturated carbocycles. The smallest absolute Gasteiger partial charge is 0.407 e. The zero-order valence-corrected chi connectivity index (χ0v) is 20.7. The maximum absolute atomic E-state index is 15.8. The Morgan fingerprint density at radius 1 is 1.26 bits per heavy atom. The molecule has 3 rings (SSSR count). The molecule has 0 fully saturated rings. The monoisotopic (exact) mass is 509 g/mol. The molecule has 0 atom stereocenters. The molecule has 0 saturated heterocycles. The molecule has 182 valence electrons. The van der Waals surface area contributed by atoms with Crippen LogP contribution in [0.4, 0.5) is 9.18 Å². The minimum absolute atomic E-state index is 0.0529. The van der Waals surface area contributed by atoms with E-state index in [2.05, 4.69) is 4.98 Å². The van der Waals surface area contributed by atoms with Crippen molar-refractivity contribution in [3.05, 3.63) is 65.3 Å². The Hall–Kier alpha value is -3.11. The summed E-state index contributed by atoms with van der Waals surface area (Å²) in [5, 5.41) is 9.56. The molecule has 0 unspecified atom stereocenters. The van der Waals surface area contributed by atoms with E-state index in [1.54, 1.807) is 6.07 Å². The lowest BCUT2D eigenvalue weighted by molar-refractivity contribution is 0.122. The lowest BCUT2D eigenvalue weighted by atomic mass is 9.96. The highest BCUT2D eigenvalue weighted by Crippen LogP contribution is 2.35. The molecule has 2 heterocycles. The fourth-order valence-corrected chi connectivity index (χ4v) is 5.09. The van der Waals surface area contributed by atoms with E-state index >= 15 is 4.39 Å². The van der Waals surface area contributed by atoms with Crippen molar-refractivity contribution in [2.75, 3.05) is 13.7 Å². The van der Waals surface area contributed by atoms with Gasteiger partial charge in [0.15, 0.2) is 5.82 Å². The molecule has 8 nitrogen and oxygen atoms in total. The molecular weight excluding hydrogens is 485 g/mol. The molecule has 3 aromatic rings. The van der Waals surface area contributed by atoms with Gasteiger partial charge in [-0.2, -0.15) is 0 Å². The summed E-state index contributed by atoms with van der Waals surface area (Å²) in [6.45, 7) is 5.29. The summed E-state index contributed by atoms with van der Waals surface area (Å²) in [5.74, 6) is -0.598. The molecular formula is C23H25ClFN3O5S. The standard InChI is InChI=1S/C23H25ClFN3O5S/c1-23(2,3)14-27(22(29)30)12-15-13-28(20(19(15)25)18-9-6-10-26-21(18)24)34(31,32)17-8-5-7-16(11-17)33-4/h5-11,13H,12,14H2,1-4H3,(H,29,30). The Labute approximate surface area is 202 Å². The van der Waals surface area contributed by atoms with E-state index < -0.39 is 27.3 Å². The van der Waals surface area contributed by atoms with Crippen LogP contribution in [0.5, 0.6) is 5.75 Å². The first-order chi connectivity index (χ1) is 15.8. The molecule has 2 aromatic heterocycles. The Bertz CT molecular complexity index is 1320. The van der Waals surface area contributed by atoms with Gasteiger partial charge >= 0.3 is 6.09 Å². The fraction of sp³-hybridized carbons (Fsp3) is 0.304. The number of ether oxygens (including phenoxy) is 1. The van der Waals surface area contributed by atoms with E-state index in [9.17, 15) is 18.3 Å². The molecule has 1 amide bonds. The lowest BCUT2D eigenvalue weighted by Gasteiger charge is -2.27. The van der Waals surface area contributed by atoms with Gasteiger partial charge in [-0.15, -0.1) is 0 Å². The number of halogens is 2. The first kappa shape index (κ1) is 25.5. The summed E-state index contributed by atoms with van der Waals surface area (Å²) in [7, 11) is -2.92. The lowest BCUT2D eigenvalue weighted by Crippen LogP contribution is -2.36. The van der Waals surface area contributed by atoms with Gasteiger partial charge in [0.05, 0.1) is 18.6 Å². The van der Waals surface area contributed by atoms with Gasteiger partial charge < -0.3 is 14.7 Å². The van der Waals surface area contributed by atoms with Crippen LogP contribution in [0, 0.1) is 11.2 Å². The molecule has 0 aliphatic heterocycles. The zero-order chi connectivity index (χ0) is 25.3. The van der Waals surface area contributed by atoms with Gasteiger partial charge in [-0.25, -0.2) is 26.6 Å². The van der Waals surface area contributed by atoms with Crippen LogP contribution < -0.4 is 4.74 Å². The number of nitrogens with zero attached hydrogens (tertiary/aromatic N) is 3. The Morgan fingerprint density at radius 3 is 2.56 bits per heavy atom. The van der Waals surface area contributed by atoms with Crippen molar-refractivity contribution in [1.82, 2.24) is 13.9 Å². The van der Waals surface area contributed by atoms with Crippen molar-refractivity contribution in [3.63, 3.8) is 0 Å². The van der Waals surface area contributed by atoms with Crippen LogP contribution in [0.25, 0.3) is 11.3 Å². The van der Waals surface area contributed by atoms with Crippen molar-refractivity contribution in [3.8, 4) is 17.0 Å². The van der Waals surface area contributed by atoms with Gasteiger partial charge in [0.25, 0.3) is 10.0 Å². The molecule has 1 N–H and O–H groups in total. The highest BCUT2D eigenvalue weighted by molar-refractivity contribution is 7.90. The predicted octanol–water partition coefficient (Wildman–Crippen LogP) is 5.11. The molecule has 0 aliphatic carbocycles. The second-order valence-corrected chi connectivity index (χ2v) is 11.0. The average molecular weight is 510 g/mol. The van der Waals surface area contributed by atoms with Gasteiger partial charge in [0.2, 0.25) is 0 Å². The Balaban J connectivity index is 2.23. The van der Waals surface area contributed by atoms with Crippen molar-refractivity contribution >= 4 is 27.7 Å². The van der Waals surface area contributed by atoms with Gasteiger partial charge in [-0.3, -0.25) is 0 Å². The second kappa shape index (κ2) is 9.63. The molecule has 0 bridgehead atoms. The fourth-order valence-electron chi connectivity index (χ4n) is 3.46. The van der Waals surface area contributed by atoms with Crippen LogP contribution >= 0.6 is 11.6 Å². The number of amides is 1. The summed E-state index contributed by atoms with van der Waals surface area (Å²) in [6, 6.07) is 8.69. The van der Waals surface area contributed by atoms with Crippen LogP contribution in [0.1, 0.15) is 26.3 Å². The average Bonchev–Trinajstić information content (AvgIpc) is 3.09. The molecule has 0 spiro atoms. The van der Waals surface area contributed by atoms with Gasteiger partial charge in [0.1, 0.15) is 16.6 Å². The van der Waals surface area contributed by atoms with E-state index in [1.165, 1.54) is 43.6 Å². The van der Waals surface area contributed by atoms with Crippen molar-refractivity contribution < 1.29 is 27.4 Å². The first-order valence-corrected chi connectivity index (χ1v) is 12.0. The number of hydrogen-bond acceptors (Lipinski definition) is 5. The third kappa shape index (κ3) is 5.34. The largest absolute Gasteiger partial charge is 0.497 e. The van der Waals surface area contributed by atoms with Gasteiger partial charge in [-0.05, 0) is 29.7 Å². The minimum atomic E-state index is -4.32. The number of carboxylic acid groups (broad SMARTS) is 1. The highest BCUT2D eigenvalue weighted by atomic mass is 35.5. The summed E-state index contributed by atoms with van der Waals surface area (Å²) >= 11 is 6.19. The second-order valence-electron chi connectivity index (χ2n) is 8.84. The summed E-state index contributed by atoms with van der Waals surface area (Å²) < 4.78 is 48.8. The van der Waals surface area contributed by atoms with Crippen molar-refractivity contribution in [1.29, 1.82) is 0 Å². The van der Waals surface area contributed by atoms with Crippen LogP contribution in [0.15, 0.2) is 53.7 Å². The summed E-state index contributed by atoms with van der Waals surface area (Å²) in [6.07, 6.45) is 1.23. The Morgan fingerprint density at radius 2 is 1.97 bits per heavy atom.